The number of fused-ring (bicyclic) bond motifs is 1. The zero-order valence-corrected chi connectivity index (χ0v) is 21.9. The Labute approximate surface area is 234 Å². The lowest BCUT2D eigenvalue weighted by Gasteiger charge is -2.11. The average Bonchev–Trinajstić information content (AvgIpc) is 3.30. The molecule has 0 atom stereocenters. The fourth-order valence-electron chi connectivity index (χ4n) is 3.76. The highest BCUT2D eigenvalue weighted by atomic mass is 32.1. The number of anilines is 2. The quantitative estimate of drug-likeness (QED) is 0.121. The number of non-ortho nitro benzene ring substituents is 1. The first-order valence-electron chi connectivity index (χ1n) is 11.6. The van der Waals surface area contributed by atoms with E-state index in [0.29, 0.717) is 16.6 Å². The molecule has 17 heteroatoms. The van der Waals surface area contributed by atoms with Crippen LogP contribution in [0.4, 0.5) is 23.1 Å². The number of aromatic nitrogens is 5. The van der Waals surface area contributed by atoms with Crippen molar-refractivity contribution in [3.63, 3.8) is 0 Å². The summed E-state index contributed by atoms with van der Waals surface area (Å²) in [6.07, 6.45) is 1.06. The summed E-state index contributed by atoms with van der Waals surface area (Å²) in [6, 6.07) is 11.4. The number of benzene rings is 2. The molecule has 2 N–H and O–H groups in total. The number of nitrogens with one attached hydrogen (secondary N) is 2. The van der Waals surface area contributed by atoms with Gasteiger partial charge in [-0.25, -0.2) is 9.78 Å². The van der Waals surface area contributed by atoms with Gasteiger partial charge >= 0.3 is 23.4 Å². The van der Waals surface area contributed by atoms with E-state index in [1.807, 2.05) is 0 Å². The second-order valence-corrected chi connectivity index (χ2v) is 8.80. The van der Waals surface area contributed by atoms with Gasteiger partial charge in [0.1, 0.15) is 17.5 Å². The number of hydrogen-bond donors (Lipinski definition) is 2. The maximum Gasteiger partial charge on any atom is 0.350 e. The number of hydrogen-bond acceptors (Lipinski definition) is 12. The number of aryl methyl sites for hydroxylation is 2. The van der Waals surface area contributed by atoms with Crippen molar-refractivity contribution in [2.75, 3.05) is 10.6 Å². The Bertz CT molecular complexity index is 1900. The number of ether oxygens (including phenoxy) is 1. The van der Waals surface area contributed by atoms with Gasteiger partial charge in [0.25, 0.3) is 5.69 Å². The van der Waals surface area contributed by atoms with Gasteiger partial charge in [-0.05, 0) is 53.9 Å². The first-order chi connectivity index (χ1) is 19.6. The van der Waals surface area contributed by atoms with Gasteiger partial charge < -0.3 is 29.9 Å². The Morgan fingerprint density at radius 3 is 2.46 bits per heavy atom. The van der Waals surface area contributed by atoms with Crippen molar-refractivity contribution >= 4 is 51.4 Å². The maximum atomic E-state index is 11.8. The van der Waals surface area contributed by atoms with Gasteiger partial charge in [0, 0.05) is 42.3 Å². The molecule has 5 rings (SSSR count). The lowest BCUT2D eigenvalue weighted by Crippen LogP contribution is -2.21. The van der Waals surface area contributed by atoms with Crippen LogP contribution in [0.15, 0.2) is 63.9 Å². The van der Waals surface area contributed by atoms with Crippen LogP contribution in [0.25, 0.3) is 16.9 Å². The van der Waals surface area contributed by atoms with Crippen molar-refractivity contribution in [3.05, 3.63) is 96.8 Å². The fourth-order valence-corrected chi connectivity index (χ4v) is 3.97. The van der Waals surface area contributed by atoms with Gasteiger partial charge in [-0.1, -0.05) is 0 Å². The number of imidazole rings is 1. The molecule has 0 fully saturated rings. The highest BCUT2D eigenvalue weighted by molar-refractivity contribution is 7.80. The highest BCUT2D eigenvalue weighted by Crippen LogP contribution is 2.27. The number of nitro groups is 2. The molecule has 0 aliphatic heterocycles. The molecule has 0 unspecified atom stereocenters. The Kier molecular flexibility index (Phi) is 7.00. The molecule has 0 aliphatic carbocycles. The van der Waals surface area contributed by atoms with E-state index in [1.54, 1.807) is 19.1 Å². The molecule has 0 amide bonds. The highest BCUT2D eigenvalue weighted by Gasteiger charge is 2.25. The molecule has 0 spiro atoms. The zero-order valence-electron chi connectivity index (χ0n) is 21.1. The monoisotopic (exact) mass is 575 g/mol. The molecule has 0 saturated carbocycles. The van der Waals surface area contributed by atoms with Crippen LogP contribution in [0, 0.1) is 34.1 Å². The topological polar surface area (TPSA) is 206 Å². The second kappa shape index (κ2) is 10.7. The van der Waals surface area contributed by atoms with Crippen molar-refractivity contribution in [1.82, 2.24) is 24.5 Å². The standard InChI is InChI=1S/C24H17N9O7S/c1-12-9-20(34)40-18-10-16(7-8-17(12)18)39-23-28-21(27-22(30-23)31-13(2)25-11-19(31)33(37)38)29-24(41)26-14-3-5-15(6-4-14)32(35)36/h3-11H,1-2H3,(H2,26,27,28,29,30,41). The number of nitro benzene ring substituents is 1. The molecule has 0 radical (unpaired) electrons. The number of thiocarbonyl (C=S) groups is 1. The van der Waals surface area contributed by atoms with Crippen molar-refractivity contribution in [1.29, 1.82) is 0 Å². The molecule has 16 nitrogen and oxygen atoms in total. The average molecular weight is 576 g/mol. The zero-order chi connectivity index (χ0) is 29.3. The van der Waals surface area contributed by atoms with Crippen molar-refractivity contribution in [2.45, 2.75) is 13.8 Å². The van der Waals surface area contributed by atoms with E-state index in [-0.39, 0.29) is 45.9 Å². The minimum absolute atomic E-state index is 0.00163. The van der Waals surface area contributed by atoms with E-state index >= 15 is 0 Å². The predicted octanol–water partition coefficient (Wildman–Crippen LogP) is 4.20. The largest absolute Gasteiger partial charge is 0.424 e. The lowest BCUT2D eigenvalue weighted by molar-refractivity contribution is -0.391. The molecule has 3 aromatic heterocycles. The Morgan fingerprint density at radius 1 is 1.00 bits per heavy atom. The minimum atomic E-state index is -0.647. The van der Waals surface area contributed by atoms with Crippen LogP contribution in [0.1, 0.15) is 11.4 Å². The molecule has 5 aromatic rings. The van der Waals surface area contributed by atoms with Gasteiger partial charge in [0.05, 0.1) is 4.92 Å². The van der Waals surface area contributed by atoms with Gasteiger partial charge in [-0.3, -0.25) is 10.1 Å². The van der Waals surface area contributed by atoms with Crippen LogP contribution >= 0.6 is 12.2 Å². The Morgan fingerprint density at radius 2 is 1.76 bits per heavy atom. The van der Waals surface area contributed by atoms with E-state index in [9.17, 15) is 25.0 Å². The second-order valence-electron chi connectivity index (χ2n) is 8.39. The van der Waals surface area contributed by atoms with Gasteiger partial charge in [0.2, 0.25) is 11.8 Å². The van der Waals surface area contributed by atoms with E-state index in [0.717, 1.165) is 10.8 Å². The van der Waals surface area contributed by atoms with Crippen LogP contribution in [-0.4, -0.2) is 39.5 Å². The number of rotatable bonds is 7. The first kappa shape index (κ1) is 26.8. The summed E-state index contributed by atoms with van der Waals surface area (Å²) in [4.78, 5) is 49.8. The lowest BCUT2D eigenvalue weighted by atomic mass is 10.1. The van der Waals surface area contributed by atoms with Crippen LogP contribution in [0.5, 0.6) is 11.8 Å². The van der Waals surface area contributed by atoms with Crippen molar-refractivity contribution < 1.29 is 19.0 Å². The normalized spacial score (nSPS) is 10.8. The Balaban J connectivity index is 1.50. The summed E-state index contributed by atoms with van der Waals surface area (Å²) < 4.78 is 12.2. The smallest absolute Gasteiger partial charge is 0.350 e. The summed E-state index contributed by atoms with van der Waals surface area (Å²) in [7, 11) is 0. The van der Waals surface area contributed by atoms with E-state index < -0.39 is 21.3 Å². The maximum absolute atomic E-state index is 11.8. The summed E-state index contributed by atoms with van der Waals surface area (Å²) in [5.41, 5.74) is 0.799. The SMILES string of the molecule is Cc1cc(=O)oc2cc(Oc3nc(NC(=S)Nc4ccc([N+](=O)[O-])cc4)nc(-n4c([N+](=O)[O-])cnc4C)n3)ccc12. The van der Waals surface area contributed by atoms with E-state index in [1.165, 1.54) is 43.3 Å². The molecule has 3 heterocycles. The molecular formula is C24H17N9O7S. The van der Waals surface area contributed by atoms with E-state index in [2.05, 4.69) is 30.6 Å². The van der Waals surface area contributed by atoms with Gasteiger partial charge in [0.15, 0.2) is 5.11 Å². The molecule has 0 saturated heterocycles. The van der Waals surface area contributed by atoms with Crippen LogP contribution < -0.4 is 21.0 Å². The third-order valence-corrected chi connectivity index (χ3v) is 5.81. The molecule has 0 bridgehead atoms. The van der Waals surface area contributed by atoms with E-state index in [4.69, 9.17) is 21.4 Å². The third kappa shape index (κ3) is 5.78. The molecule has 0 aliphatic rings. The summed E-state index contributed by atoms with van der Waals surface area (Å²) in [6.45, 7) is 3.29. The fraction of sp³-hybridized carbons (Fsp3) is 0.0833. The Hall–Kier alpha value is -5.84. The van der Waals surface area contributed by atoms with Gasteiger partial charge in [-0.15, -0.1) is 9.55 Å². The van der Waals surface area contributed by atoms with Crippen molar-refractivity contribution in [2.24, 2.45) is 0 Å². The summed E-state index contributed by atoms with van der Waals surface area (Å²) in [5, 5.41) is 28.8. The van der Waals surface area contributed by atoms with Crippen molar-refractivity contribution in [3.8, 4) is 17.7 Å². The molecule has 206 valence electrons. The number of nitrogens with zero attached hydrogens (tertiary/aromatic N) is 7. The molecule has 41 heavy (non-hydrogen) atoms. The first-order valence-corrected chi connectivity index (χ1v) is 12.0. The van der Waals surface area contributed by atoms with Crippen LogP contribution in [0.2, 0.25) is 0 Å². The summed E-state index contributed by atoms with van der Waals surface area (Å²) >= 11 is 5.32. The molecule has 2 aromatic carbocycles. The minimum Gasteiger partial charge on any atom is -0.424 e. The molecular weight excluding hydrogens is 558 g/mol. The summed E-state index contributed by atoms with van der Waals surface area (Å²) in [5.74, 6) is -0.317. The van der Waals surface area contributed by atoms with Crippen LogP contribution in [0.3, 0.4) is 0 Å². The third-order valence-electron chi connectivity index (χ3n) is 5.60. The van der Waals surface area contributed by atoms with Crippen LogP contribution in [-0.2, 0) is 0 Å². The van der Waals surface area contributed by atoms with Gasteiger partial charge in [-0.2, -0.15) is 9.97 Å². The predicted molar refractivity (Wildman–Crippen MR) is 149 cm³/mol.